The molecule has 0 unspecified atom stereocenters. The number of carbonyl (C=O) groups is 2. The second-order valence-electron chi connectivity index (χ2n) is 10.0. The van der Waals surface area contributed by atoms with E-state index in [1.54, 1.807) is 47.1 Å². The van der Waals surface area contributed by atoms with Crippen molar-refractivity contribution in [2.45, 2.75) is 37.5 Å². The van der Waals surface area contributed by atoms with E-state index in [0.717, 1.165) is 5.56 Å². The Labute approximate surface area is 231 Å². The quantitative estimate of drug-likeness (QED) is 0.519. The summed E-state index contributed by atoms with van der Waals surface area (Å²) in [6.45, 7) is 4.78. The van der Waals surface area contributed by atoms with Crippen LogP contribution in [0.4, 0.5) is 15.8 Å². The number of nitrogens with zero attached hydrogens (tertiary/aromatic N) is 4. The highest BCUT2D eigenvalue weighted by Crippen LogP contribution is 2.38. The van der Waals surface area contributed by atoms with Crippen molar-refractivity contribution in [3.8, 4) is 0 Å². The van der Waals surface area contributed by atoms with Crippen molar-refractivity contribution in [1.29, 1.82) is 0 Å². The topological polar surface area (TPSA) is 81.2 Å². The smallest absolute Gasteiger partial charge is 0.244 e. The van der Waals surface area contributed by atoms with Crippen molar-refractivity contribution in [3.05, 3.63) is 52.3 Å². The molecule has 0 aliphatic carbocycles. The van der Waals surface area contributed by atoms with Crippen LogP contribution in [0.15, 0.2) is 45.8 Å². The summed E-state index contributed by atoms with van der Waals surface area (Å²) in [7, 11) is -3.89. The van der Waals surface area contributed by atoms with E-state index in [9.17, 15) is 22.4 Å². The number of rotatable bonds is 5. The summed E-state index contributed by atoms with van der Waals surface area (Å²) in [5.41, 5.74) is 2.13. The number of amides is 2. The van der Waals surface area contributed by atoms with E-state index in [1.807, 2.05) is 4.90 Å². The van der Waals surface area contributed by atoms with Crippen LogP contribution in [0.5, 0.6) is 0 Å². The number of hydrogen-bond acceptors (Lipinski definition) is 5. The van der Waals surface area contributed by atoms with E-state index < -0.39 is 15.9 Å². The molecule has 0 aromatic heterocycles. The molecular formula is C27H32BrFN4O4S. The zero-order valence-electron chi connectivity index (χ0n) is 21.4. The van der Waals surface area contributed by atoms with Crippen LogP contribution in [0.1, 0.15) is 31.7 Å². The first-order chi connectivity index (χ1) is 18.2. The van der Waals surface area contributed by atoms with Gasteiger partial charge in [0, 0.05) is 62.4 Å². The third-order valence-corrected chi connectivity index (χ3v) is 10.6. The third-order valence-electron chi connectivity index (χ3n) is 7.77. The fourth-order valence-corrected chi connectivity index (χ4v) is 8.27. The van der Waals surface area contributed by atoms with E-state index >= 15 is 0 Å². The van der Waals surface area contributed by atoms with Crippen molar-refractivity contribution in [2.24, 2.45) is 5.92 Å². The number of benzene rings is 2. The van der Waals surface area contributed by atoms with E-state index in [4.69, 9.17) is 0 Å². The molecule has 0 saturated carbocycles. The molecule has 2 aromatic carbocycles. The van der Waals surface area contributed by atoms with Crippen LogP contribution in [0.2, 0.25) is 0 Å². The van der Waals surface area contributed by atoms with Crippen LogP contribution in [-0.4, -0.2) is 75.3 Å². The lowest BCUT2D eigenvalue weighted by atomic mass is 9.97. The molecule has 0 spiro atoms. The first kappa shape index (κ1) is 27.1. The standard InChI is InChI=1S/C27H32BrFN4O4S/c1-2-26(34)33-11-9-19-16-21(28)25(17-24(19)33)38(36,37)32-10-5-6-20(18-32)27(35)31-14-12-30(13-15-31)23-8-4-3-7-22(23)29/h3-4,7-8,16-17,20H,2,5-6,9-15,18H2,1H3/t20-/m1/s1. The van der Waals surface area contributed by atoms with Gasteiger partial charge in [-0.25, -0.2) is 12.8 Å². The van der Waals surface area contributed by atoms with Crippen molar-refractivity contribution < 1.29 is 22.4 Å². The molecule has 38 heavy (non-hydrogen) atoms. The largest absolute Gasteiger partial charge is 0.366 e. The lowest BCUT2D eigenvalue weighted by Gasteiger charge is -2.39. The number of para-hydroxylation sites is 1. The SMILES string of the molecule is CCC(=O)N1CCc2cc(Br)c(S(=O)(=O)N3CCC[C@@H](C(=O)N4CCN(c5ccccc5F)CC4)C3)cc21. The Balaban J connectivity index is 1.28. The Morgan fingerprint density at radius 3 is 2.47 bits per heavy atom. The summed E-state index contributed by atoms with van der Waals surface area (Å²) in [5, 5.41) is 0. The molecule has 3 heterocycles. The summed E-state index contributed by atoms with van der Waals surface area (Å²) >= 11 is 3.45. The molecule has 5 rings (SSSR count). The molecule has 2 aromatic rings. The van der Waals surface area contributed by atoms with Crippen molar-refractivity contribution in [2.75, 3.05) is 55.6 Å². The van der Waals surface area contributed by atoms with Crippen LogP contribution >= 0.6 is 15.9 Å². The Kier molecular flexibility index (Phi) is 7.79. The number of carbonyl (C=O) groups excluding carboxylic acids is 2. The van der Waals surface area contributed by atoms with Gasteiger partial charge >= 0.3 is 0 Å². The maximum Gasteiger partial charge on any atom is 0.244 e. The minimum Gasteiger partial charge on any atom is -0.366 e. The van der Waals surface area contributed by atoms with Crippen LogP contribution in [0, 0.1) is 11.7 Å². The van der Waals surface area contributed by atoms with Gasteiger partial charge in [-0.2, -0.15) is 4.31 Å². The van der Waals surface area contributed by atoms with Gasteiger partial charge < -0.3 is 14.7 Å². The maximum atomic E-state index is 14.2. The van der Waals surface area contributed by atoms with Gasteiger partial charge in [0.2, 0.25) is 21.8 Å². The first-order valence-corrected chi connectivity index (χ1v) is 15.3. The molecule has 3 aliphatic heterocycles. The molecule has 11 heteroatoms. The number of piperazine rings is 1. The summed E-state index contributed by atoms with van der Waals surface area (Å²) in [6, 6.07) is 10.0. The van der Waals surface area contributed by atoms with Crippen LogP contribution < -0.4 is 9.80 Å². The predicted molar refractivity (Wildman–Crippen MR) is 147 cm³/mol. The van der Waals surface area contributed by atoms with Gasteiger partial charge in [0.15, 0.2) is 0 Å². The molecule has 2 amide bonds. The summed E-state index contributed by atoms with van der Waals surface area (Å²) in [5.74, 6) is -0.788. The van der Waals surface area contributed by atoms with Crippen molar-refractivity contribution in [1.82, 2.24) is 9.21 Å². The average molecular weight is 608 g/mol. The predicted octanol–water partition coefficient (Wildman–Crippen LogP) is 3.64. The van der Waals surface area contributed by atoms with Gasteiger partial charge in [0.05, 0.1) is 16.5 Å². The zero-order chi connectivity index (χ0) is 27.0. The number of halogens is 2. The number of fused-ring (bicyclic) bond motifs is 1. The van der Waals surface area contributed by atoms with Crippen molar-refractivity contribution >= 4 is 49.1 Å². The molecule has 0 radical (unpaired) electrons. The second-order valence-corrected chi connectivity index (χ2v) is 12.8. The fourth-order valence-electron chi connectivity index (χ4n) is 5.67. The van der Waals surface area contributed by atoms with Gasteiger partial charge in [-0.15, -0.1) is 0 Å². The molecular weight excluding hydrogens is 575 g/mol. The zero-order valence-corrected chi connectivity index (χ0v) is 23.8. The third kappa shape index (κ3) is 5.08. The summed E-state index contributed by atoms with van der Waals surface area (Å²) in [4.78, 5) is 31.3. The Hall–Kier alpha value is -2.50. The Morgan fingerprint density at radius 2 is 1.76 bits per heavy atom. The second kappa shape index (κ2) is 10.9. The molecule has 3 aliphatic rings. The van der Waals surface area contributed by atoms with Gasteiger partial charge in [-0.3, -0.25) is 9.59 Å². The lowest BCUT2D eigenvalue weighted by Crippen LogP contribution is -2.53. The Bertz CT molecular complexity index is 1350. The van der Waals surface area contributed by atoms with Gasteiger partial charge in [-0.05, 0) is 65.0 Å². The Morgan fingerprint density at radius 1 is 1.03 bits per heavy atom. The van der Waals surface area contributed by atoms with Gasteiger partial charge in [0.1, 0.15) is 5.82 Å². The van der Waals surface area contributed by atoms with Crippen LogP contribution in [0.25, 0.3) is 0 Å². The highest BCUT2D eigenvalue weighted by atomic mass is 79.9. The minimum absolute atomic E-state index is 0.0341. The maximum absolute atomic E-state index is 14.2. The van der Waals surface area contributed by atoms with Gasteiger partial charge in [-0.1, -0.05) is 19.1 Å². The number of sulfonamides is 1. The summed E-state index contributed by atoms with van der Waals surface area (Å²) in [6.07, 6.45) is 2.25. The molecule has 0 bridgehead atoms. The van der Waals surface area contributed by atoms with E-state index in [-0.39, 0.29) is 29.1 Å². The van der Waals surface area contributed by atoms with Gasteiger partial charge in [0.25, 0.3) is 0 Å². The number of hydrogen-bond donors (Lipinski definition) is 0. The van der Waals surface area contributed by atoms with Crippen LogP contribution in [-0.2, 0) is 26.0 Å². The van der Waals surface area contributed by atoms with E-state index in [0.29, 0.717) is 80.8 Å². The van der Waals surface area contributed by atoms with E-state index in [2.05, 4.69) is 15.9 Å². The summed E-state index contributed by atoms with van der Waals surface area (Å²) < 4.78 is 43.6. The highest BCUT2D eigenvalue weighted by molar-refractivity contribution is 9.10. The number of piperidine rings is 1. The average Bonchev–Trinajstić information content (AvgIpc) is 3.35. The monoisotopic (exact) mass is 606 g/mol. The minimum atomic E-state index is -3.89. The fraction of sp³-hybridized carbons (Fsp3) is 0.481. The van der Waals surface area contributed by atoms with Crippen molar-refractivity contribution in [3.63, 3.8) is 0 Å². The molecule has 8 nitrogen and oxygen atoms in total. The number of anilines is 2. The molecule has 0 N–H and O–H groups in total. The highest BCUT2D eigenvalue weighted by Gasteiger charge is 2.38. The molecule has 2 fully saturated rings. The van der Waals surface area contributed by atoms with Crippen LogP contribution in [0.3, 0.4) is 0 Å². The molecule has 1 atom stereocenters. The van der Waals surface area contributed by atoms with E-state index in [1.165, 1.54) is 10.4 Å². The molecule has 204 valence electrons. The molecule has 2 saturated heterocycles. The lowest BCUT2D eigenvalue weighted by molar-refractivity contribution is -0.137. The normalized spacial score (nSPS) is 20.5. The first-order valence-electron chi connectivity index (χ1n) is 13.1.